The topological polar surface area (TPSA) is 78.4 Å². The molecule has 0 spiro atoms. The maximum atomic E-state index is 5.90. The number of ether oxygens (including phenoxy) is 3. The van der Waals surface area contributed by atoms with Crippen LogP contribution in [0.25, 0.3) is 0 Å². The number of nitrogens with zero attached hydrogens (tertiary/aromatic N) is 2. The molecule has 0 aliphatic heterocycles. The zero-order chi connectivity index (χ0) is 15.0. The molecule has 0 radical (unpaired) electrons. The van der Waals surface area contributed by atoms with Gasteiger partial charge in [0.15, 0.2) is 11.5 Å². The molecular formula is C14H21N3O3. The molecule has 1 rings (SSSR count). The van der Waals surface area contributed by atoms with Gasteiger partial charge in [-0.25, -0.2) is 0 Å². The largest absolute Gasteiger partial charge is 0.493 e. The molecule has 0 saturated carbocycles. The highest BCUT2D eigenvalue weighted by Gasteiger charge is 2.13. The van der Waals surface area contributed by atoms with Crippen molar-refractivity contribution in [2.75, 3.05) is 34.5 Å². The predicted octanol–water partition coefficient (Wildman–Crippen LogP) is 1.78. The van der Waals surface area contributed by atoms with Crippen molar-refractivity contribution in [1.82, 2.24) is 0 Å². The maximum Gasteiger partial charge on any atom is 0.162 e. The van der Waals surface area contributed by atoms with Crippen LogP contribution in [0, 0.1) is 0 Å². The summed E-state index contributed by atoms with van der Waals surface area (Å²) >= 11 is 0. The summed E-state index contributed by atoms with van der Waals surface area (Å²) in [5.41, 5.74) is 7.29. The molecule has 0 saturated heterocycles. The van der Waals surface area contributed by atoms with E-state index in [9.17, 15) is 0 Å². The van der Waals surface area contributed by atoms with Crippen LogP contribution in [0.1, 0.15) is 12.5 Å². The second-order valence-electron chi connectivity index (χ2n) is 3.86. The van der Waals surface area contributed by atoms with E-state index in [4.69, 9.17) is 19.9 Å². The van der Waals surface area contributed by atoms with Crippen molar-refractivity contribution in [3.63, 3.8) is 0 Å². The number of methoxy groups -OCH3 is 2. The lowest BCUT2D eigenvalue weighted by Gasteiger charge is -2.14. The first-order chi connectivity index (χ1) is 9.67. The Morgan fingerprint density at radius 2 is 2.00 bits per heavy atom. The molecule has 0 unspecified atom stereocenters. The molecule has 0 atom stereocenters. The highest BCUT2D eigenvalue weighted by molar-refractivity contribution is 6.03. The molecule has 0 aliphatic rings. The van der Waals surface area contributed by atoms with Crippen LogP contribution in [0.5, 0.6) is 11.5 Å². The van der Waals surface area contributed by atoms with Crippen molar-refractivity contribution in [2.24, 2.45) is 15.7 Å². The van der Waals surface area contributed by atoms with Crippen LogP contribution in [0.15, 0.2) is 22.1 Å². The third-order valence-corrected chi connectivity index (χ3v) is 2.61. The molecular weight excluding hydrogens is 258 g/mol. The summed E-state index contributed by atoms with van der Waals surface area (Å²) in [5, 5.41) is 0. The SMILES string of the molecule is CC=Nc1cc(OC)c(OCCOC)cc1C(N)=NC. The Morgan fingerprint density at radius 3 is 2.55 bits per heavy atom. The normalized spacial score (nSPS) is 11.9. The molecule has 0 bridgehead atoms. The van der Waals surface area contributed by atoms with E-state index in [1.54, 1.807) is 39.6 Å². The number of aliphatic imine (C=N–C) groups is 2. The molecule has 110 valence electrons. The minimum atomic E-state index is 0.393. The standard InChI is InChI=1S/C14H21N3O3/c1-5-17-11-9-12(19-4)13(20-7-6-18-3)8-10(11)14(15)16-2/h5,8-9H,6-7H2,1-4H3,(H2,15,16). The van der Waals surface area contributed by atoms with Crippen LogP contribution in [0.4, 0.5) is 5.69 Å². The van der Waals surface area contributed by atoms with Crippen molar-refractivity contribution in [3.05, 3.63) is 17.7 Å². The van der Waals surface area contributed by atoms with E-state index in [1.807, 2.05) is 6.92 Å². The number of nitrogens with two attached hydrogens (primary N) is 1. The summed E-state index contributed by atoms with van der Waals surface area (Å²) in [4.78, 5) is 8.27. The Morgan fingerprint density at radius 1 is 1.25 bits per heavy atom. The van der Waals surface area contributed by atoms with Crippen molar-refractivity contribution >= 4 is 17.7 Å². The second kappa shape index (κ2) is 8.16. The summed E-state index contributed by atoms with van der Waals surface area (Å²) in [6, 6.07) is 3.55. The average Bonchev–Trinajstić information content (AvgIpc) is 2.47. The molecule has 6 heteroatoms. The van der Waals surface area contributed by atoms with Gasteiger partial charge in [-0.3, -0.25) is 9.98 Å². The summed E-state index contributed by atoms with van der Waals surface area (Å²) in [6.45, 7) is 2.75. The lowest BCUT2D eigenvalue weighted by atomic mass is 10.1. The van der Waals surface area contributed by atoms with Gasteiger partial charge in [-0.05, 0) is 13.0 Å². The Kier molecular flexibility index (Phi) is 6.52. The molecule has 6 nitrogen and oxygen atoms in total. The van der Waals surface area contributed by atoms with Gasteiger partial charge in [-0.15, -0.1) is 0 Å². The Labute approximate surface area is 119 Å². The fourth-order valence-corrected chi connectivity index (χ4v) is 1.63. The highest BCUT2D eigenvalue weighted by Crippen LogP contribution is 2.34. The lowest BCUT2D eigenvalue weighted by molar-refractivity contribution is 0.144. The van der Waals surface area contributed by atoms with E-state index in [1.165, 1.54) is 0 Å². The van der Waals surface area contributed by atoms with Gasteiger partial charge in [0.05, 0.1) is 19.4 Å². The van der Waals surface area contributed by atoms with Crippen molar-refractivity contribution in [2.45, 2.75) is 6.92 Å². The van der Waals surface area contributed by atoms with E-state index in [0.717, 1.165) is 0 Å². The third-order valence-electron chi connectivity index (χ3n) is 2.61. The molecule has 1 aromatic carbocycles. The third kappa shape index (κ3) is 3.96. The van der Waals surface area contributed by atoms with Crippen LogP contribution in [-0.2, 0) is 4.74 Å². The van der Waals surface area contributed by atoms with E-state index < -0.39 is 0 Å². The lowest BCUT2D eigenvalue weighted by Crippen LogP contribution is -2.14. The first kappa shape index (κ1) is 16.0. The van der Waals surface area contributed by atoms with Crippen LogP contribution >= 0.6 is 0 Å². The zero-order valence-electron chi connectivity index (χ0n) is 12.3. The van der Waals surface area contributed by atoms with Gasteiger partial charge < -0.3 is 19.9 Å². The monoisotopic (exact) mass is 279 g/mol. The van der Waals surface area contributed by atoms with Crippen molar-refractivity contribution in [3.8, 4) is 11.5 Å². The molecule has 0 amide bonds. The zero-order valence-corrected chi connectivity index (χ0v) is 12.3. The number of hydrogen-bond acceptors (Lipinski definition) is 5. The first-order valence-electron chi connectivity index (χ1n) is 6.23. The van der Waals surface area contributed by atoms with Gasteiger partial charge in [-0.1, -0.05) is 0 Å². The van der Waals surface area contributed by atoms with Gasteiger partial charge in [0.25, 0.3) is 0 Å². The molecule has 2 N–H and O–H groups in total. The summed E-state index contributed by atoms with van der Waals surface area (Å²) in [7, 11) is 4.83. The molecule has 0 aliphatic carbocycles. The summed E-state index contributed by atoms with van der Waals surface area (Å²) in [5.74, 6) is 1.57. The predicted molar refractivity (Wildman–Crippen MR) is 80.8 cm³/mol. The van der Waals surface area contributed by atoms with E-state index in [-0.39, 0.29) is 0 Å². The van der Waals surface area contributed by atoms with Gasteiger partial charge in [0, 0.05) is 32.0 Å². The molecule has 1 aromatic rings. The van der Waals surface area contributed by atoms with Gasteiger partial charge in [-0.2, -0.15) is 0 Å². The molecule has 0 aromatic heterocycles. The molecule has 0 fully saturated rings. The molecule has 20 heavy (non-hydrogen) atoms. The highest BCUT2D eigenvalue weighted by atomic mass is 16.5. The van der Waals surface area contributed by atoms with Crippen molar-refractivity contribution in [1.29, 1.82) is 0 Å². The smallest absolute Gasteiger partial charge is 0.162 e. The minimum Gasteiger partial charge on any atom is -0.493 e. The summed E-state index contributed by atoms with van der Waals surface area (Å²) in [6.07, 6.45) is 1.69. The second-order valence-corrected chi connectivity index (χ2v) is 3.86. The van der Waals surface area contributed by atoms with E-state index in [0.29, 0.717) is 41.8 Å². The average molecular weight is 279 g/mol. The Bertz CT molecular complexity index is 499. The Hall–Kier alpha value is -2.08. The van der Waals surface area contributed by atoms with Gasteiger partial charge in [0.2, 0.25) is 0 Å². The van der Waals surface area contributed by atoms with Crippen LogP contribution < -0.4 is 15.2 Å². The number of benzene rings is 1. The van der Waals surface area contributed by atoms with Crippen LogP contribution in [-0.4, -0.2) is 46.5 Å². The Balaban J connectivity index is 3.23. The number of rotatable bonds is 7. The van der Waals surface area contributed by atoms with Gasteiger partial charge >= 0.3 is 0 Å². The van der Waals surface area contributed by atoms with Crippen LogP contribution in [0.2, 0.25) is 0 Å². The van der Waals surface area contributed by atoms with E-state index in [2.05, 4.69) is 9.98 Å². The minimum absolute atomic E-state index is 0.393. The van der Waals surface area contributed by atoms with Gasteiger partial charge in [0.1, 0.15) is 12.4 Å². The van der Waals surface area contributed by atoms with E-state index >= 15 is 0 Å². The number of amidine groups is 1. The fraction of sp³-hybridized carbons (Fsp3) is 0.429. The fourth-order valence-electron chi connectivity index (χ4n) is 1.63. The summed E-state index contributed by atoms with van der Waals surface area (Å²) < 4.78 is 15.9. The quantitative estimate of drug-likeness (QED) is 0.469. The van der Waals surface area contributed by atoms with Crippen molar-refractivity contribution < 1.29 is 14.2 Å². The maximum absolute atomic E-state index is 5.90. The first-order valence-corrected chi connectivity index (χ1v) is 6.23. The molecule has 0 heterocycles. The number of hydrogen-bond donors (Lipinski definition) is 1. The van der Waals surface area contributed by atoms with Crippen LogP contribution in [0.3, 0.4) is 0 Å².